The van der Waals surface area contributed by atoms with Crippen LogP contribution < -0.4 is 5.32 Å². The van der Waals surface area contributed by atoms with Gasteiger partial charge in [0.05, 0.1) is 32.2 Å². The van der Waals surface area contributed by atoms with Gasteiger partial charge in [-0.15, -0.1) is 11.3 Å². The molecule has 30 heavy (non-hydrogen) atoms. The molecule has 0 unspecified atom stereocenters. The molecule has 2 rings (SSSR count). The molecule has 0 spiro atoms. The van der Waals surface area contributed by atoms with Gasteiger partial charge in [-0.05, 0) is 52.3 Å². The Morgan fingerprint density at radius 3 is 2.17 bits per heavy atom. The highest BCUT2D eigenvalue weighted by atomic mass is 35.5. The fraction of sp³-hybridized carbons (Fsp3) is 0.381. The Kier molecular flexibility index (Phi) is 8.29. The van der Waals surface area contributed by atoms with E-state index in [1.165, 1.54) is 0 Å². The van der Waals surface area contributed by atoms with Crippen LogP contribution in [-0.2, 0) is 4.74 Å². The van der Waals surface area contributed by atoms with Crippen molar-refractivity contribution in [2.24, 2.45) is 0 Å². The number of benzene rings is 1. The van der Waals surface area contributed by atoms with E-state index in [1.807, 2.05) is 13.8 Å². The summed E-state index contributed by atoms with van der Waals surface area (Å²) in [6.45, 7) is 9.92. The largest absolute Gasteiger partial charge is 0.459 e. The Labute approximate surface area is 190 Å². The van der Waals surface area contributed by atoms with Gasteiger partial charge < -0.3 is 15.0 Å². The van der Waals surface area contributed by atoms with Crippen LogP contribution in [0.1, 0.15) is 63.6 Å². The summed E-state index contributed by atoms with van der Waals surface area (Å²) in [4.78, 5) is 40.6. The van der Waals surface area contributed by atoms with Crippen LogP contribution in [0.5, 0.6) is 0 Å². The summed E-state index contributed by atoms with van der Waals surface area (Å²) in [5, 5.41) is 3.27. The molecule has 0 radical (unpaired) electrons. The predicted molar refractivity (Wildman–Crippen MR) is 121 cm³/mol. The second-order valence-corrected chi connectivity index (χ2v) is 8.58. The number of esters is 1. The minimum Gasteiger partial charge on any atom is -0.459 e. The smallest absolute Gasteiger partial charge is 0.341 e. The lowest BCUT2D eigenvalue weighted by atomic mass is 10.1. The van der Waals surface area contributed by atoms with Crippen LogP contribution in [0.4, 0.5) is 5.00 Å². The quantitative estimate of drug-likeness (QED) is 0.529. The van der Waals surface area contributed by atoms with E-state index in [0.29, 0.717) is 23.5 Å². The van der Waals surface area contributed by atoms with E-state index < -0.39 is 11.9 Å². The maximum absolute atomic E-state index is 12.9. The normalized spacial score (nSPS) is 10.8. The maximum atomic E-state index is 12.9. The zero-order chi connectivity index (χ0) is 22.6. The summed E-state index contributed by atoms with van der Waals surface area (Å²) in [6.07, 6.45) is -0.361. The molecule has 0 atom stereocenters. The fourth-order valence-corrected chi connectivity index (χ4v) is 4.59. The summed E-state index contributed by atoms with van der Waals surface area (Å²) < 4.78 is 5.34. The minimum absolute atomic E-state index is 0.0895. The molecule has 1 aromatic carbocycles. The van der Waals surface area contributed by atoms with Crippen molar-refractivity contribution in [1.29, 1.82) is 0 Å². The van der Waals surface area contributed by atoms with Crippen LogP contribution in [0.3, 0.4) is 0 Å². The number of nitrogens with one attached hydrogen (secondary N) is 1. The van der Waals surface area contributed by atoms with Gasteiger partial charge in [-0.25, -0.2) is 4.79 Å². The Balaban J connectivity index is 2.54. The molecule has 2 amide bonds. The van der Waals surface area contributed by atoms with Gasteiger partial charge in [-0.1, -0.05) is 29.3 Å². The molecule has 162 valence electrons. The van der Waals surface area contributed by atoms with Gasteiger partial charge in [0.25, 0.3) is 11.8 Å². The monoisotopic (exact) mass is 470 g/mol. The second kappa shape index (κ2) is 10.3. The second-order valence-electron chi connectivity index (χ2n) is 6.74. The number of carbonyl (C=O) groups excluding carboxylic acids is 3. The van der Waals surface area contributed by atoms with E-state index in [-0.39, 0.29) is 38.2 Å². The van der Waals surface area contributed by atoms with Gasteiger partial charge in [0, 0.05) is 13.1 Å². The first-order chi connectivity index (χ1) is 14.1. The van der Waals surface area contributed by atoms with Crippen LogP contribution >= 0.6 is 34.5 Å². The van der Waals surface area contributed by atoms with E-state index >= 15 is 0 Å². The van der Waals surface area contributed by atoms with Crippen LogP contribution in [0.2, 0.25) is 10.0 Å². The summed E-state index contributed by atoms with van der Waals surface area (Å²) in [5.41, 5.74) is 0.704. The van der Waals surface area contributed by atoms with Gasteiger partial charge in [-0.3, -0.25) is 9.59 Å². The third-order valence-electron chi connectivity index (χ3n) is 4.36. The molecule has 0 aliphatic heterocycles. The van der Waals surface area contributed by atoms with Crippen molar-refractivity contribution in [2.75, 3.05) is 18.4 Å². The number of carbonyl (C=O) groups is 3. The third kappa shape index (κ3) is 5.14. The Morgan fingerprint density at radius 2 is 1.67 bits per heavy atom. The highest BCUT2D eigenvalue weighted by Crippen LogP contribution is 2.36. The summed E-state index contributed by atoms with van der Waals surface area (Å²) in [5.74, 6) is -1.40. The van der Waals surface area contributed by atoms with Gasteiger partial charge in [0.15, 0.2) is 0 Å². The number of ether oxygens (including phenoxy) is 1. The first kappa shape index (κ1) is 24.2. The van der Waals surface area contributed by atoms with E-state index in [9.17, 15) is 14.4 Å². The summed E-state index contributed by atoms with van der Waals surface area (Å²) >= 11 is 13.3. The molecule has 1 aromatic heterocycles. The first-order valence-electron chi connectivity index (χ1n) is 9.51. The fourth-order valence-electron chi connectivity index (χ4n) is 2.86. The zero-order valence-electron chi connectivity index (χ0n) is 17.5. The molecule has 0 saturated heterocycles. The van der Waals surface area contributed by atoms with Crippen molar-refractivity contribution in [3.8, 4) is 0 Å². The molecular formula is C21H24Cl2N2O4S. The van der Waals surface area contributed by atoms with E-state index in [2.05, 4.69) is 5.32 Å². The first-order valence-corrected chi connectivity index (χ1v) is 11.1. The van der Waals surface area contributed by atoms with Gasteiger partial charge in [0.1, 0.15) is 5.00 Å². The van der Waals surface area contributed by atoms with Crippen molar-refractivity contribution in [2.45, 2.75) is 40.7 Å². The Morgan fingerprint density at radius 1 is 1.10 bits per heavy atom. The number of nitrogens with zero attached hydrogens (tertiary/aromatic N) is 1. The van der Waals surface area contributed by atoms with Crippen molar-refractivity contribution in [3.05, 3.63) is 49.8 Å². The van der Waals surface area contributed by atoms with Crippen LogP contribution in [0.15, 0.2) is 18.2 Å². The molecule has 0 fully saturated rings. The maximum Gasteiger partial charge on any atom is 0.341 e. The molecule has 0 saturated carbocycles. The van der Waals surface area contributed by atoms with E-state index in [0.717, 1.165) is 11.3 Å². The van der Waals surface area contributed by atoms with Crippen LogP contribution in [-0.4, -0.2) is 41.9 Å². The van der Waals surface area contributed by atoms with Crippen molar-refractivity contribution < 1.29 is 19.1 Å². The Hall–Kier alpha value is -2.09. The van der Waals surface area contributed by atoms with Crippen LogP contribution in [0, 0.1) is 6.92 Å². The van der Waals surface area contributed by atoms with Crippen molar-refractivity contribution in [1.82, 2.24) is 4.90 Å². The zero-order valence-corrected chi connectivity index (χ0v) is 19.8. The number of halogens is 2. The highest BCUT2D eigenvalue weighted by molar-refractivity contribution is 7.18. The molecule has 0 aliphatic rings. The van der Waals surface area contributed by atoms with E-state index in [1.54, 1.807) is 43.9 Å². The lowest BCUT2D eigenvalue weighted by molar-refractivity contribution is 0.0379. The average molecular weight is 471 g/mol. The standard InChI is InChI=1S/C21H24Cl2N2O4S/c1-6-25(7-2)20(27)17-12(5)15(21(28)29-11(3)4)19(30-17)24-18(26)16-13(22)9-8-10-14(16)23/h8-11H,6-7H2,1-5H3,(H,24,26). The summed E-state index contributed by atoms with van der Waals surface area (Å²) in [7, 11) is 0. The molecule has 0 bridgehead atoms. The predicted octanol–water partition coefficient (Wildman–Crippen LogP) is 5.66. The minimum atomic E-state index is -0.613. The average Bonchev–Trinajstić information content (AvgIpc) is 2.97. The molecule has 1 heterocycles. The molecule has 6 nitrogen and oxygen atoms in total. The van der Waals surface area contributed by atoms with Crippen LogP contribution in [0.25, 0.3) is 0 Å². The van der Waals surface area contributed by atoms with Crippen molar-refractivity contribution >= 4 is 57.3 Å². The molecule has 2 aromatic rings. The molecular weight excluding hydrogens is 447 g/mol. The number of hydrogen-bond donors (Lipinski definition) is 1. The van der Waals surface area contributed by atoms with Gasteiger partial charge >= 0.3 is 5.97 Å². The number of anilines is 1. The summed E-state index contributed by atoms with van der Waals surface area (Å²) in [6, 6.07) is 4.72. The SMILES string of the molecule is CCN(CC)C(=O)c1sc(NC(=O)c2c(Cl)cccc2Cl)c(C(=O)OC(C)C)c1C. The van der Waals surface area contributed by atoms with Gasteiger partial charge in [0.2, 0.25) is 0 Å². The molecule has 0 aliphatic carbocycles. The molecule has 9 heteroatoms. The number of thiophene rings is 1. The number of amides is 2. The lowest BCUT2D eigenvalue weighted by Gasteiger charge is -2.18. The third-order valence-corrected chi connectivity index (χ3v) is 6.18. The topological polar surface area (TPSA) is 75.7 Å². The number of rotatable bonds is 7. The highest BCUT2D eigenvalue weighted by Gasteiger charge is 2.29. The van der Waals surface area contributed by atoms with E-state index in [4.69, 9.17) is 27.9 Å². The van der Waals surface area contributed by atoms with Crippen molar-refractivity contribution in [3.63, 3.8) is 0 Å². The van der Waals surface area contributed by atoms with Gasteiger partial charge in [-0.2, -0.15) is 0 Å². The number of hydrogen-bond acceptors (Lipinski definition) is 5. The Bertz CT molecular complexity index is 948. The molecule has 1 N–H and O–H groups in total. The lowest BCUT2D eigenvalue weighted by Crippen LogP contribution is -2.30.